The van der Waals surface area contributed by atoms with Gasteiger partial charge >= 0.3 is 6.09 Å². The molecular formula is C53H80N2O2. The summed E-state index contributed by atoms with van der Waals surface area (Å²) in [4.78, 5) is 13.6. The molecule has 0 radical (unpaired) electrons. The number of carbonyl (C=O) groups is 1. The van der Waals surface area contributed by atoms with Crippen LogP contribution in [0.1, 0.15) is 181 Å². The molecule has 4 aliphatic carbocycles. The van der Waals surface area contributed by atoms with Crippen molar-refractivity contribution in [1.29, 1.82) is 0 Å². The van der Waals surface area contributed by atoms with Gasteiger partial charge in [-0.3, -0.25) is 0 Å². The van der Waals surface area contributed by atoms with Crippen LogP contribution in [-0.2, 0) is 15.6 Å². The fourth-order valence-corrected chi connectivity index (χ4v) is 13.3. The lowest BCUT2D eigenvalue weighted by Gasteiger charge is -2.58. The molecule has 3 saturated carbocycles. The van der Waals surface area contributed by atoms with Crippen LogP contribution >= 0.6 is 0 Å². The summed E-state index contributed by atoms with van der Waals surface area (Å²) in [5, 5.41) is 7.15. The second-order valence-electron chi connectivity index (χ2n) is 22.9. The molecule has 1 amide bonds. The van der Waals surface area contributed by atoms with Crippen LogP contribution in [0.25, 0.3) is 0 Å². The first-order chi connectivity index (χ1) is 26.9. The summed E-state index contributed by atoms with van der Waals surface area (Å²) < 4.78 is 6.29. The third kappa shape index (κ3) is 8.83. The van der Waals surface area contributed by atoms with Crippen LogP contribution in [0.4, 0.5) is 4.79 Å². The predicted octanol–water partition coefficient (Wildman–Crippen LogP) is 13.3. The van der Waals surface area contributed by atoms with E-state index in [1.54, 1.807) is 5.57 Å². The Hall–Kier alpha value is -2.59. The monoisotopic (exact) mass is 777 g/mol. The van der Waals surface area contributed by atoms with E-state index in [9.17, 15) is 4.79 Å². The van der Waals surface area contributed by atoms with E-state index < -0.39 is 0 Å². The first kappa shape index (κ1) is 42.5. The molecule has 10 atom stereocenters. The second kappa shape index (κ2) is 16.5. The highest BCUT2D eigenvalue weighted by atomic mass is 16.6. The van der Waals surface area contributed by atoms with Crippen LogP contribution in [0, 0.1) is 46.3 Å². The molecule has 2 aromatic rings. The van der Waals surface area contributed by atoms with E-state index >= 15 is 0 Å². The molecule has 4 nitrogen and oxygen atoms in total. The minimum Gasteiger partial charge on any atom is -0.446 e. The van der Waals surface area contributed by atoms with Gasteiger partial charge in [-0.25, -0.2) is 4.79 Å². The lowest BCUT2D eigenvalue weighted by atomic mass is 9.47. The second-order valence-corrected chi connectivity index (χ2v) is 22.9. The summed E-state index contributed by atoms with van der Waals surface area (Å²) in [7, 11) is 0. The quantitative estimate of drug-likeness (QED) is 0.236. The largest absolute Gasteiger partial charge is 0.446 e. The van der Waals surface area contributed by atoms with Crippen molar-refractivity contribution in [3.63, 3.8) is 0 Å². The van der Waals surface area contributed by atoms with Crippen LogP contribution in [0.2, 0.25) is 0 Å². The number of benzene rings is 2. The smallest absolute Gasteiger partial charge is 0.407 e. The number of alkyl carbamates (subject to hydrolysis) is 1. The molecule has 7 rings (SSSR count). The standard InChI is InChI=1S/C53H80N2O2/c1-34(2)13-12-14-35(3)44-25-26-45-43-24-23-40-31-42(27-29-52(40,10)46(43)28-30-53(44,45)11)57-49(56)55-41-32-47(54-33-41)48(36-15-19-38(20-16-36)50(4,5)6)37-17-21-39(22-18-37)51(7,8)9/h15-23,34-35,41-48,54H,12-14,24-33H2,1-11H3,(H,55,56)/t35?,41-,42+,43?,44?,45?,46?,47-,52+,53-/m1/s1. The molecule has 1 heterocycles. The van der Waals surface area contributed by atoms with Gasteiger partial charge in [-0.15, -0.1) is 0 Å². The normalized spacial score (nSPS) is 33.4. The molecule has 4 heteroatoms. The SMILES string of the molecule is CC(C)CCCC(C)C1CCC2C3CC=C4C[C@@H](OC(=O)N[C@H]5CN[C@@H](C(c6ccc(C(C)(C)C)cc6)c6ccc(C(C)(C)C)cc6)C5)CC[C@]4(C)C3CC[C@]12C. The highest BCUT2D eigenvalue weighted by Gasteiger charge is 2.59. The predicted molar refractivity (Wildman–Crippen MR) is 239 cm³/mol. The molecule has 1 aliphatic heterocycles. The molecule has 4 fully saturated rings. The van der Waals surface area contributed by atoms with Gasteiger partial charge in [0.05, 0.1) is 0 Å². The van der Waals surface area contributed by atoms with Gasteiger partial charge in [0, 0.05) is 31.0 Å². The van der Waals surface area contributed by atoms with Gasteiger partial charge in [-0.05, 0) is 131 Å². The van der Waals surface area contributed by atoms with E-state index in [2.05, 4.69) is 141 Å². The molecule has 5 unspecified atom stereocenters. The van der Waals surface area contributed by atoms with Crippen LogP contribution < -0.4 is 10.6 Å². The van der Waals surface area contributed by atoms with Gasteiger partial charge in [0.25, 0.3) is 0 Å². The molecule has 2 aromatic carbocycles. The van der Waals surface area contributed by atoms with Gasteiger partial charge in [-0.2, -0.15) is 0 Å². The van der Waals surface area contributed by atoms with Gasteiger partial charge in [0.2, 0.25) is 0 Å². The Morgan fingerprint density at radius 1 is 0.825 bits per heavy atom. The molecule has 5 aliphatic rings. The topological polar surface area (TPSA) is 50.4 Å². The van der Waals surface area contributed by atoms with Crippen LogP contribution in [0.3, 0.4) is 0 Å². The molecule has 1 saturated heterocycles. The summed E-state index contributed by atoms with van der Waals surface area (Å²) in [5.41, 5.74) is 7.93. The fraction of sp³-hybridized carbons (Fsp3) is 0.717. The lowest BCUT2D eigenvalue weighted by molar-refractivity contribution is -0.0582. The highest BCUT2D eigenvalue weighted by Crippen LogP contribution is 2.67. The van der Waals surface area contributed by atoms with Crippen LogP contribution in [0.5, 0.6) is 0 Å². The maximum atomic E-state index is 13.6. The van der Waals surface area contributed by atoms with Gasteiger partial charge in [-0.1, -0.05) is 156 Å². The van der Waals surface area contributed by atoms with Crippen molar-refractivity contribution < 1.29 is 9.53 Å². The van der Waals surface area contributed by atoms with Crippen molar-refractivity contribution in [2.45, 2.75) is 188 Å². The van der Waals surface area contributed by atoms with E-state index in [1.165, 1.54) is 73.6 Å². The Labute approximate surface area is 348 Å². The Morgan fingerprint density at radius 2 is 1.46 bits per heavy atom. The minimum absolute atomic E-state index is 0.0298. The molecule has 2 N–H and O–H groups in total. The molecule has 57 heavy (non-hydrogen) atoms. The number of hydrogen-bond acceptors (Lipinski definition) is 3. The van der Waals surface area contributed by atoms with Crippen LogP contribution in [-0.4, -0.2) is 30.8 Å². The Kier molecular flexibility index (Phi) is 12.3. The van der Waals surface area contributed by atoms with Gasteiger partial charge < -0.3 is 15.4 Å². The summed E-state index contributed by atoms with van der Waals surface area (Å²) in [6.45, 7) is 27.0. The molecule has 0 spiro atoms. The summed E-state index contributed by atoms with van der Waals surface area (Å²) in [5.74, 6) is 5.24. The van der Waals surface area contributed by atoms with Crippen molar-refractivity contribution in [2.75, 3.05) is 6.54 Å². The zero-order valence-electron chi connectivity index (χ0n) is 38.0. The molecular weight excluding hydrogens is 697 g/mol. The van der Waals surface area contributed by atoms with E-state index in [0.717, 1.165) is 67.7 Å². The summed E-state index contributed by atoms with van der Waals surface area (Å²) in [6.07, 6.45) is 17.4. The summed E-state index contributed by atoms with van der Waals surface area (Å²) in [6, 6.07) is 18.8. The minimum atomic E-state index is -0.237. The molecule has 0 bridgehead atoms. The van der Waals surface area contributed by atoms with Crippen molar-refractivity contribution in [3.8, 4) is 0 Å². The number of nitrogens with one attached hydrogen (secondary N) is 2. The van der Waals surface area contributed by atoms with E-state index in [1.807, 2.05) is 0 Å². The maximum absolute atomic E-state index is 13.6. The maximum Gasteiger partial charge on any atom is 0.407 e. The van der Waals surface area contributed by atoms with E-state index in [0.29, 0.717) is 5.41 Å². The number of ether oxygens (including phenoxy) is 1. The molecule has 0 aromatic heterocycles. The van der Waals surface area contributed by atoms with Gasteiger partial charge in [0.15, 0.2) is 0 Å². The van der Waals surface area contributed by atoms with Crippen molar-refractivity contribution >= 4 is 6.09 Å². The molecule has 314 valence electrons. The van der Waals surface area contributed by atoms with Gasteiger partial charge in [0.1, 0.15) is 6.10 Å². The van der Waals surface area contributed by atoms with Crippen molar-refractivity contribution in [1.82, 2.24) is 10.6 Å². The zero-order chi connectivity index (χ0) is 40.9. The number of amides is 1. The number of carbonyl (C=O) groups excluding carboxylic acids is 1. The third-order valence-electron chi connectivity index (χ3n) is 16.7. The van der Waals surface area contributed by atoms with Crippen molar-refractivity contribution in [3.05, 3.63) is 82.4 Å². The Morgan fingerprint density at radius 3 is 2.05 bits per heavy atom. The first-order valence-electron chi connectivity index (χ1n) is 23.5. The first-order valence-corrected chi connectivity index (χ1v) is 23.5. The zero-order valence-corrected chi connectivity index (χ0v) is 38.0. The highest BCUT2D eigenvalue weighted by molar-refractivity contribution is 5.68. The number of hydrogen-bond donors (Lipinski definition) is 2. The average molecular weight is 777 g/mol. The Balaban J connectivity index is 0.965. The number of allylic oxidation sites excluding steroid dienone is 1. The lowest BCUT2D eigenvalue weighted by Crippen LogP contribution is -2.51. The van der Waals surface area contributed by atoms with E-state index in [-0.39, 0.29) is 46.4 Å². The summed E-state index contributed by atoms with van der Waals surface area (Å²) >= 11 is 0. The van der Waals surface area contributed by atoms with E-state index in [4.69, 9.17) is 4.74 Å². The Bertz CT molecular complexity index is 1650. The number of fused-ring (bicyclic) bond motifs is 5. The van der Waals surface area contributed by atoms with Crippen molar-refractivity contribution in [2.24, 2.45) is 46.3 Å². The van der Waals surface area contributed by atoms with Crippen LogP contribution in [0.15, 0.2) is 60.2 Å². The fourth-order valence-electron chi connectivity index (χ4n) is 13.3. The number of rotatable bonds is 10. The third-order valence-corrected chi connectivity index (χ3v) is 16.7. The average Bonchev–Trinajstić information content (AvgIpc) is 3.75.